The number of anilines is 2. The monoisotopic (exact) mass is 310 g/mol. The van der Waals surface area contributed by atoms with E-state index in [-0.39, 0.29) is 6.61 Å². The number of rotatable bonds is 3. The second-order valence-electron chi connectivity index (χ2n) is 4.20. The normalized spacial score (nSPS) is 10.3. The Hall–Kier alpha value is -1.91. The number of benzene rings is 2. The predicted octanol–water partition coefficient (Wildman–Crippen LogP) is 3.51. The van der Waals surface area contributed by atoms with Crippen LogP contribution in [0.25, 0.3) is 0 Å². The Morgan fingerprint density at radius 2 is 1.70 bits per heavy atom. The van der Waals surface area contributed by atoms with Crippen molar-refractivity contribution < 1.29 is 9.53 Å². The number of halogens is 2. The number of ether oxygens (including phenoxy) is 1. The average molecular weight is 311 g/mol. The molecule has 6 heteroatoms. The van der Waals surface area contributed by atoms with Gasteiger partial charge in [-0.1, -0.05) is 23.2 Å². The molecule has 0 aliphatic carbocycles. The average Bonchev–Trinajstić information content (AvgIpc) is 2.38. The van der Waals surface area contributed by atoms with Crippen LogP contribution in [0.15, 0.2) is 36.4 Å². The highest BCUT2D eigenvalue weighted by atomic mass is 35.5. The molecule has 0 aliphatic rings. The summed E-state index contributed by atoms with van der Waals surface area (Å²) in [5, 5.41) is 1.00. The first-order chi connectivity index (χ1) is 9.45. The lowest BCUT2D eigenvalue weighted by atomic mass is 10.2. The lowest BCUT2D eigenvalue weighted by Crippen LogP contribution is -2.07. The molecule has 0 saturated heterocycles. The van der Waals surface area contributed by atoms with Gasteiger partial charge in [0.05, 0.1) is 5.56 Å². The molecule has 0 amide bonds. The van der Waals surface area contributed by atoms with Crippen molar-refractivity contribution >= 4 is 40.5 Å². The van der Waals surface area contributed by atoms with E-state index in [1.165, 1.54) is 12.1 Å². The van der Waals surface area contributed by atoms with Crippen molar-refractivity contribution in [3.8, 4) is 0 Å². The van der Waals surface area contributed by atoms with E-state index in [1.807, 2.05) is 0 Å². The summed E-state index contributed by atoms with van der Waals surface area (Å²) in [5.41, 5.74) is 13.0. The molecule has 0 unspecified atom stereocenters. The van der Waals surface area contributed by atoms with Crippen LogP contribution >= 0.6 is 23.2 Å². The number of nitrogen functional groups attached to an aromatic ring is 2. The quantitative estimate of drug-likeness (QED) is 0.671. The third-order valence-corrected chi connectivity index (χ3v) is 3.18. The van der Waals surface area contributed by atoms with Gasteiger partial charge >= 0.3 is 5.97 Å². The maximum Gasteiger partial charge on any atom is 0.338 e. The molecule has 0 spiro atoms. The van der Waals surface area contributed by atoms with Gasteiger partial charge in [-0.2, -0.15) is 0 Å². The summed E-state index contributed by atoms with van der Waals surface area (Å²) >= 11 is 11.8. The fraction of sp³-hybridized carbons (Fsp3) is 0.0714. The predicted molar refractivity (Wildman–Crippen MR) is 80.8 cm³/mol. The van der Waals surface area contributed by atoms with Gasteiger partial charge in [-0.25, -0.2) is 4.79 Å². The molecule has 4 N–H and O–H groups in total. The third-order valence-electron chi connectivity index (χ3n) is 2.58. The minimum absolute atomic E-state index is 0.0208. The summed E-state index contributed by atoms with van der Waals surface area (Å²) in [6, 6.07) is 9.51. The van der Waals surface area contributed by atoms with Crippen molar-refractivity contribution in [3.63, 3.8) is 0 Å². The third kappa shape index (κ3) is 3.56. The Morgan fingerprint density at radius 3 is 2.35 bits per heavy atom. The molecule has 2 aromatic rings. The summed E-state index contributed by atoms with van der Waals surface area (Å²) in [7, 11) is 0. The van der Waals surface area contributed by atoms with Crippen LogP contribution in [0.3, 0.4) is 0 Å². The smallest absolute Gasteiger partial charge is 0.338 e. The fourth-order valence-electron chi connectivity index (χ4n) is 1.67. The summed E-state index contributed by atoms with van der Waals surface area (Å²) < 4.78 is 5.17. The van der Waals surface area contributed by atoms with Gasteiger partial charge in [0.15, 0.2) is 0 Å². The maximum atomic E-state index is 11.9. The molecule has 0 aromatic heterocycles. The molecule has 0 atom stereocenters. The van der Waals surface area contributed by atoms with Crippen molar-refractivity contribution in [1.29, 1.82) is 0 Å². The van der Waals surface area contributed by atoms with Crippen LogP contribution in [0.1, 0.15) is 15.9 Å². The van der Waals surface area contributed by atoms with Crippen molar-refractivity contribution in [2.75, 3.05) is 11.5 Å². The molecular weight excluding hydrogens is 299 g/mol. The summed E-state index contributed by atoms with van der Waals surface area (Å²) in [4.78, 5) is 11.9. The SMILES string of the molecule is Nc1cc(N)cc(C(=O)OCc2cc(Cl)ccc2Cl)c1. The Labute approximate surface area is 126 Å². The maximum absolute atomic E-state index is 11.9. The molecule has 2 rings (SSSR count). The fourth-order valence-corrected chi connectivity index (χ4v) is 2.04. The zero-order chi connectivity index (χ0) is 14.7. The van der Waals surface area contributed by atoms with Gasteiger partial charge < -0.3 is 16.2 Å². The molecule has 2 aromatic carbocycles. The first-order valence-electron chi connectivity index (χ1n) is 5.73. The molecule has 0 fully saturated rings. The van der Waals surface area contributed by atoms with Crippen molar-refractivity contribution in [2.24, 2.45) is 0 Å². The minimum Gasteiger partial charge on any atom is -0.457 e. The van der Waals surface area contributed by atoms with E-state index in [4.69, 9.17) is 39.4 Å². The van der Waals surface area contributed by atoms with Crippen LogP contribution in [0.4, 0.5) is 11.4 Å². The van der Waals surface area contributed by atoms with E-state index in [0.717, 1.165) is 0 Å². The zero-order valence-electron chi connectivity index (χ0n) is 10.4. The van der Waals surface area contributed by atoms with Gasteiger partial charge in [-0.3, -0.25) is 0 Å². The van der Waals surface area contributed by atoms with Crippen molar-refractivity contribution in [2.45, 2.75) is 6.61 Å². The molecular formula is C14H12Cl2N2O2. The Kier molecular flexibility index (Phi) is 4.37. The van der Waals surface area contributed by atoms with Gasteiger partial charge in [-0.05, 0) is 36.4 Å². The number of nitrogens with two attached hydrogens (primary N) is 2. The molecule has 0 radical (unpaired) electrons. The van der Waals surface area contributed by atoms with Crippen LogP contribution in [0.5, 0.6) is 0 Å². The van der Waals surface area contributed by atoms with Crippen LogP contribution in [0.2, 0.25) is 10.0 Å². The van der Waals surface area contributed by atoms with Crippen molar-refractivity contribution in [3.05, 3.63) is 57.6 Å². The minimum atomic E-state index is -0.528. The van der Waals surface area contributed by atoms with Crippen LogP contribution in [0, 0.1) is 0 Å². The van der Waals surface area contributed by atoms with Crippen molar-refractivity contribution in [1.82, 2.24) is 0 Å². The molecule has 104 valence electrons. The Morgan fingerprint density at radius 1 is 1.05 bits per heavy atom. The number of hydrogen-bond acceptors (Lipinski definition) is 4. The summed E-state index contributed by atoms with van der Waals surface area (Å²) in [6.45, 7) is 0.0208. The highest BCUT2D eigenvalue weighted by molar-refractivity contribution is 6.33. The summed E-state index contributed by atoms with van der Waals surface area (Å²) in [5.74, 6) is -0.528. The molecule has 0 heterocycles. The standard InChI is InChI=1S/C14H12Cl2N2O2/c15-10-1-2-13(16)9(3-10)7-20-14(19)8-4-11(17)6-12(18)5-8/h1-6H,7,17-18H2. The van der Waals surface area contributed by atoms with E-state index >= 15 is 0 Å². The first-order valence-corrected chi connectivity index (χ1v) is 6.48. The highest BCUT2D eigenvalue weighted by Crippen LogP contribution is 2.22. The second kappa shape index (κ2) is 6.03. The van der Waals surface area contributed by atoms with Gasteiger partial charge in [0.2, 0.25) is 0 Å². The largest absolute Gasteiger partial charge is 0.457 e. The molecule has 0 aliphatic heterocycles. The van der Waals surface area contributed by atoms with Gasteiger partial charge in [0.1, 0.15) is 6.61 Å². The van der Waals surface area contributed by atoms with E-state index in [1.54, 1.807) is 24.3 Å². The molecule has 4 nitrogen and oxygen atoms in total. The summed E-state index contributed by atoms with van der Waals surface area (Å²) in [6.07, 6.45) is 0. The molecule has 20 heavy (non-hydrogen) atoms. The highest BCUT2D eigenvalue weighted by Gasteiger charge is 2.10. The number of carbonyl (C=O) groups excluding carboxylic acids is 1. The van der Waals surface area contributed by atoms with Crippen LogP contribution in [-0.4, -0.2) is 5.97 Å². The van der Waals surface area contributed by atoms with Crippen LogP contribution < -0.4 is 11.5 Å². The van der Waals surface area contributed by atoms with E-state index in [0.29, 0.717) is 32.5 Å². The lowest BCUT2D eigenvalue weighted by Gasteiger charge is -2.08. The number of carbonyl (C=O) groups is 1. The Balaban J connectivity index is 2.10. The second-order valence-corrected chi connectivity index (χ2v) is 5.04. The van der Waals surface area contributed by atoms with E-state index < -0.39 is 5.97 Å². The first kappa shape index (κ1) is 14.5. The van der Waals surface area contributed by atoms with Gasteiger partial charge in [0, 0.05) is 27.0 Å². The zero-order valence-corrected chi connectivity index (χ0v) is 11.9. The van der Waals surface area contributed by atoms with E-state index in [9.17, 15) is 4.79 Å². The van der Waals surface area contributed by atoms with Gasteiger partial charge in [-0.15, -0.1) is 0 Å². The van der Waals surface area contributed by atoms with E-state index in [2.05, 4.69) is 0 Å². The Bertz CT molecular complexity index is 639. The molecule has 0 saturated carbocycles. The van der Waals surface area contributed by atoms with Crippen LogP contribution in [-0.2, 0) is 11.3 Å². The van der Waals surface area contributed by atoms with Gasteiger partial charge in [0.25, 0.3) is 0 Å². The topological polar surface area (TPSA) is 78.3 Å². The number of hydrogen-bond donors (Lipinski definition) is 2. The lowest BCUT2D eigenvalue weighted by molar-refractivity contribution is 0.0473. The molecule has 0 bridgehead atoms. The number of esters is 1.